The molecule has 0 aliphatic carbocycles. The molecule has 2 aromatic carbocycles. The van der Waals surface area contributed by atoms with Crippen LogP contribution in [0.4, 0.5) is 0 Å². The molecule has 4 rings (SSSR count). The minimum absolute atomic E-state index is 0.152. The van der Waals surface area contributed by atoms with E-state index in [4.69, 9.17) is 18.6 Å². The van der Waals surface area contributed by atoms with Gasteiger partial charge in [-0.25, -0.2) is 9.79 Å². The summed E-state index contributed by atoms with van der Waals surface area (Å²) in [6, 6.07) is 15.3. The lowest BCUT2D eigenvalue weighted by Crippen LogP contribution is -2.04. The molecule has 1 aromatic heterocycles. The number of furan rings is 1. The van der Waals surface area contributed by atoms with Gasteiger partial charge in [0.25, 0.3) is 5.90 Å². The molecule has 0 saturated heterocycles. The van der Waals surface area contributed by atoms with Crippen molar-refractivity contribution in [2.45, 2.75) is 20.5 Å². The number of esters is 1. The molecule has 0 fully saturated rings. The van der Waals surface area contributed by atoms with Gasteiger partial charge >= 0.3 is 5.97 Å². The Morgan fingerprint density at radius 1 is 1.13 bits per heavy atom. The van der Waals surface area contributed by atoms with E-state index in [1.54, 1.807) is 18.2 Å². The molecule has 0 N–H and O–H groups in total. The summed E-state index contributed by atoms with van der Waals surface area (Å²) < 4.78 is 23.2. The maximum absolute atomic E-state index is 12.2. The minimum Gasteiger partial charge on any atom is -0.490 e. The predicted octanol–water partition coefficient (Wildman–Crippen LogP) is 5.51. The molecule has 6 nitrogen and oxygen atoms in total. The molecule has 0 spiro atoms. The molecule has 3 aromatic rings. The van der Waals surface area contributed by atoms with Crippen LogP contribution in [0.1, 0.15) is 29.4 Å². The van der Waals surface area contributed by atoms with E-state index < -0.39 is 5.97 Å². The number of benzene rings is 2. The first-order valence-corrected chi connectivity index (χ1v) is 10.8. The molecule has 2 heterocycles. The third-order valence-corrected chi connectivity index (χ3v) is 5.29. The first-order valence-electron chi connectivity index (χ1n) is 9.74. The molecule has 0 atom stereocenters. The van der Waals surface area contributed by atoms with Gasteiger partial charge in [-0.15, -0.1) is 0 Å². The smallest absolute Gasteiger partial charge is 0.363 e. The van der Waals surface area contributed by atoms with Crippen molar-refractivity contribution in [3.8, 4) is 11.5 Å². The summed E-state index contributed by atoms with van der Waals surface area (Å²) in [4.78, 5) is 16.5. The Kier molecular flexibility index (Phi) is 6.41. The normalized spacial score (nSPS) is 14.5. The summed E-state index contributed by atoms with van der Waals surface area (Å²) in [6.07, 6.45) is 3.16. The van der Waals surface area contributed by atoms with E-state index in [0.717, 1.165) is 14.7 Å². The number of aryl methyl sites for hydroxylation is 1. The van der Waals surface area contributed by atoms with Crippen molar-refractivity contribution in [2.75, 3.05) is 6.61 Å². The van der Waals surface area contributed by atoms with Crippen LogP contribution in [0.15, 0.2) is 69.9 Å². The first-order chi connectivity index (χ1) is 15.0. The second-order valence-electron chi connectivity index (χ2n) is 6.85. The van der Waals surface area contributed by atoms with Gasteiger partial charge in [0.15, 0.2) is 23.0 Å². The van der Waals surface area contributed by atoms with Gasteiger partial charge < -0.3 is 18.6 Å². The summed E-state index contributed by atoms with van der Waals surface area (Å²) in [5.74, 6) is 1.30. The van der Waals surface area contributed by atoms with Gasteiger partial charge in [-0.2, -0.15) is 0 Å². The van der Waals surface area contributed by atoms with Gasteiger partial charge in [0.05, 0.1) is 16.4 Å². The van der Waals surface area contributed by atoms with Crippen molar-refractivity contribution in [1.29, 1.82) is 0 Å². The predicted molar refractivity (Wildman–Crippen MR) is 125 cm³/mol. The maximum Gasteiger partial charge on any atom is 0.363 e. The average Bonchev–Trinajstić information content (AvgIpc) is 3.39. The Bertz CT molecular complexity index is 1150. The second kappa shape index (κ2) is 9.38. The topological polar surface area (TPSA) is 70.3 Å². The molecule has 1 aliphatic heterocycles. The number of cyclic esters (lactones) is 1. The Labute approximate surface area is 193 Å². The molecule has 158 valence electrons. The van der Waals surface area contributed by atoms with Crippen molar-refractivity contribution in [3.05, 3.63) is 86.5 Å². The van der Waals surface area contributed by atoms with E-state index in [9.17, 15) is 4.79 Å². The second-order valence-corrected chi connectivity index (χ2v) is 8.01. The van der Waals surface area contributed by atoms with Crippen molar-refractivity contribution in [3.63, 3.8) is 0 Å². The molecular formula is C24H20INO5. The zero-order chi connectivity index (χ0) is 21.8. The molecule has 31 heavy (non-hydrogen) atoms. The number of aliphatic imine (C=N–C) groups is 1. The lowest BCUT2D eigenvalue weighted by Gasteiger charge is -2.15. The van der Waals surface area contributed by atoms with Crippen LogP contribution in [0.25, 0.3) is 6.08 Å². The summed E-state index contributed by atoms with van der Waals surface area (Å²) in [5.41, 5.74) is 3.22. The summed E-state index contributed by atoms with van der Waals surface area (Å²) in [7, 11) is 0. The zero-order valence-corrected chi connectivity index (χ0v) is 19.2. The molecule has 0 radical (unpaired) electrons. The number of hydrogen-bond acceptors (Lipinski definition) is 6. The highest BCUT2D eigenvalue weighted by Gasteiger charge is 2.26. The molecule has 1 aliphatic rings. The molecule has 0 amide bonds. The number of ether oxygens (including phenoxy) is 3. The van der Waals surface area contributed by atoms with Crippen molar-refractivity contribution in [2.24, 2.45) is 4.99 Å². The van der Waals surface area contributed by atoms with Gasteiger partial charge in [-0.05, 0) is 77.9 Å². The molecular weight excluding hydrogens is 509 g/mol. The molecule has 0 bridgehead atoms. The van der Waals surface area contributed by atoms with Crippen LogP contribution in [0.3, 0.4) is 0 Å². The zero-order valence-electron chi connectivity index (χ0n) is 17.1. The number of carbonyl (C=O) groups is 1. The maximum atomic E-state index is 12.2. The van der Waals surface area contributed by atoms with E-state index in [1.807, 2.05) is 31.2 Å². The van der Waals surface area contributed by atoms with Crippen LogP contribution in [0.2, 0.25) is 0 Å². The van der Waals surface area contributed by atoms with Crippen LogP contribution in [0.5, 0.6) is 11.5 Å². The third-order valence-electron chi connectivity index (χ3n) is 4.49. The molecule has 7 heteroatoms. The molecule has 0 saturated carbocycles. The Morgan fingerprint density at radius 2 is 1.94 bits per heavy atom. The van der Waals surface area contributed by atoms with E-state index in [2.05, 4.69) is 46.6 Å². The standard InChI is InChI=1S/C24H20INO5/c1-3-28-21-13-17(12-19-24(27)31-23(26-19)20-5-4-10-29-20)11-18(25)22(21)30-14-16-8-6-15(2)7-9-16/h4-13H,3,14H2,1-2H3/b19-12-. The fourth-order valence-corrected chi connectivity index (χ4v) is 3.77. The average molecular weight is 529 g/mol. The van der Waals surface area contributed by atoms with Crippen LogP contribution in [0, 0.1) is 10.5 Å². The van der Waals surface area contributed by atoms with Crippen LogP contribution in [-0.4, -0.2) is 18.5 Å². The summed E-state index contributed by atoms with van der Waals surface area (Å²) in [5, 5.41) is 0. The number of hydrogen-bond donors (Lipinski definition) is 0. The van der Waals surface area contributed by atoms with Crippen LogP contribution in [-0.2, 0) is 16.1 Å². The SMILES string of the molecule is CCOc1cc(/C=C2\N=C(c3ccco3)OC2=O)cc(I)c1OCc1ccc(C)cc1. The van der Waals surface area contributed by atoms with Crippen LogP contribution >= 0.6 is 22.6 Å². The van der Waals surface area contributed by atoms with Crippen molar-refractivity contribution in [1.82, 2.24) is 0 Å². The number of nitrogens with zero attached hydrogens (tertiary/aromatic N) is 1. The van der Waals surface area contributed by atoms with Crippen LogP contribution < -0.4 is 9.47 Å². The largest absolute Gasteiger partial charge is 0.490 e. The number of halogens is 1. The fraction of sp³-hybridized carbons (Fsp3) is 0.167. The van der Waals surface area contributed by atoms with E-state index >= 15 is 0 Å². The fourth-order valence-electron chi connectivity index (χ4n) is 2.99. The summed E-state index contributed by atoms with van der Waals surface area (Å²) in [6.45, 7) is 4.88. The van der Waals surface area contributed by atoms with Crippen molar-refractivity contribution >= 4 is 40.5 Å². The first kappa shape index (κ1) is 21.2. The highest BCUT2D eigenvalue weighted by atomic mass is 127. The van der Waals surface area contributed by atoms with Crippen molar-refractivity contribution < 1.29 is 23.4 Å². The van der Waals surface area contributed by atoms with Gasteiger partial charge in [0, 0.05) is 0 Å². The summed E-state index contributed by atoms with van der Waals surface area (Å²) >= 11 is 2.20. The lowest BCUT2D eigenvalue weighted by molar-refractivity contribution is -0.130. The number of rotatable bonds is 7. The van der Waals surface area contributed by atoms with E-state index in [1.165, 1.54) is 11.8 Å². The lowest BCUT2D eigenvalue weighted by atomic mass is 10.1. The van der Waals surface area contributed by atoms with Gasteiger partial charge in [0.1, 0.15) is 6.61 Å². The number of carbonyl (C=O) groups excluding carboxylic acids is 1. The van der Waals surface area contributed by atoms with E-state index in [0.29, 0.717) is 30.5 Å². The third kappa shape index (κ3) is 4.99. The quantitative estimate of drug-likeness (QED) is 0.229. The van der Waals surface area contributed by atoms with E-state index in [-0.39, 0.29) is 11.6 Å². The van der Waals surface area contributed by atoms with Gasteiger partial charge in [-0.3, -0.25) is 0 Å². The van der Waals surface area contributed by atoms with Gasteiger partial charge in [-0.1, -0.05) is 29.8 Å². The highest BCUT2D eigenvalue weighted by molar-refractivity contribution is 14.1. The Hall–Kier alpha value is -3.07. The minimum atomic E-state index is -0.529. The Morgan fingerprint density at radius 3 is 2.65 bits per heavy atom. The Balaban J connectivity index is 1.60. The van der Waals surface area contributed by atoms with Gasteiger partial charge in [0.2, 0.25) is 0 Å². The monoisotopic (exact) mass is 529 g/mol. The highest BCUT2D eigenvalue weighted by Crippen LogP contribution is 2.36. The molecule has 0 unspecified atom stereocenters.